The van der Waals surface area contributed by atoms with Gasteiger partial charge in [0.15, 0.2) is 5.69 Å². The molecule has 5 nitrogen and oxygen atoms in total. The van der Waals surface area contributed by atoms with Gasteiger partial charge in [-0.2, -0.15) is 0 Å². The third-order valence-electron chi connectivity index (χ3n) is 5.65. The van der Waals surface area contributed by atoms with Gasteiger partial charge in [-0.3, -0.25) is 5.32 Å². The van der Waals surface area contributed by atoms with E-state index in [0.717, 1.165) is 21.7 Å². The molecule has 174 valence electrons. The van der Waals surface area contributed by atoms with Crippen LogP contribution in [0.15, 0.2) is 96.4 Å². The van der Waals surface area contributed by atoms with Crippen LogP contribution in [0.25, 0.3) is 0 Å². The third kappa shape index (κ3) is 4.94. The van der Waals surface area contributed by atoms with Gasteiger partial charge in [0.1, 0.15) is 5.01 Å². The van der Waals surface area contributed by atoms with Crippen LogP contribution in [0.4, 0.5) is 0 Å². The third-order valence-corrected chi connectivity index (χ3v) is 6.61. The number of hydrogen-bond acceptors (Lipinski definition) is 6. The molecule has 1 aromatic heterocycles. The Hall–Kier alpha value is -3.32. The highest BCUT2D eigenvalue weighted by atomic mass is 32.1. The molecule has 1 atom stereocenters. The first-order valence-electron chi connectivity index (χ1n) is 11.2. The molecule has 0 spiro atoms. The van der Waals surface area contributed by atoms with Crippen molar-refractivity contribution in [2.45, 2.75) is 18.5 Å². The Balaban J connectivity index is 1.87. The van der Waals surface area contributed by atoms with E-state index in [0.29, 0.717) is 18.9 Å². The van der Waals surface area contributed by atoms with Crippen LogP contribution in [-0.2, 0) is 15.0 Å². The lowest BCUT2D eigenvalue weighted by Gasteiger charge is -2.39. The molecule has 0 bridgehead atoms. The van der Waals surface area contributed by atoms with Crippen LogP contribution in [0.5, 0.6) is 0 Å². The van der Waals surface area contributed by atoms with Crippen LogP contribution in [0, 0.1) is 0 Å². The standard InChI is InChI=1S/C28H28N2O3S/c1-3-33-27(31)25-20-34-26(29-25)24(19-32-2)30-28(21-13-7-4-8-14-21,22-15-9-5-10-16-22)23-17-11-6-12-18-23/h4-18,20,24,30H,3,19H2,1-2H3/t24-/m0/s1. The van der Waals surface area contributed by atoms with Crippen molar-refractivity contribution in [1.82, 2.24) is 10.3 Å². The van der Waals surface area contributed by atoms with Gasteiger partial charge in [0.2, 0.25) is 0 Å². The molecule has 34 heavy (non-hydrogen) atoms. The van der Waals surface area contributed by atoms with E-state index in [1.165, 1.54) is 11.3 Å². The van der Waals surface area contributed by atoms with E-state index in [9.17, 15) is 4.79 Å². The van der Waals surface area contributed by atoms with Crippen molar-refractivity contribution >= 4 is 17.3 Å². The zero-order valence-electron chi connectivity index (χ0n) is 19.3. The molecule has 1 heterocycles. The van der Waals surface area contributed by atoms with Gasteiger partial charge in [0, 0.05) is 12.5 Å². The monoisotopic (exact) mass is 472 g/mol. The summed E-state index contributed by atoms with van der Waals surface area (Å²) in [5, 5.41) is 6.39. The average molecular weight is 473 g/mol. The molecule has 1 N–H and O–H groups in total. The lowest BCUT2D eigenvalue weighted by atomic mass is 9.76. The van der Waals surface area contributed by atoms with Gasteiger partial charge >= 0.3 is 5.97 Å². The molecule has 0 radical (unpaired) electrons. The minimum atomic E-state index is -0.678. The lowest BCUT2D eigenvalue weighted by Crippen LogP contribution is -2.47. The lowest BCUT2D eigenvalue weighted by molar-refractivity contribution is 0.0519. The van der Waals surface area contributed by atoms with Crippen LogP contribution in [0.2, 0.25) is 0 Å². The Bertz CT molecular complexity index is 1080. The predicted molar refractivity (Wildman–Crippen MR) is 135 cm³/mol. The first kappa shape index (κ1) is 23.8. The quantitative estimate of drug-likeness (QED) is 0.241. The highest BCUT2D eigenvalue weighted by Crippen LogP contribution is 2.39. The summed E-state index contributed by atoms with van der Waals surface area (Å²) < 4.78 is 10.8. The van der Waals surface area contributed by atoms with Crippen molar-refractivity contribution in [2.24, 2.45) is 0 Å². The smallest absolute Gasteiger partial charge is 0.357 e. The zero-order chi connectivity index (χ0) is 23.8. The van der Waals surface area contributed by atoms with E-state index in [2.05, 4.69) is 46.7 Å². The van der Waals surface area contributed by atoms with Gasteiger partial charge in [0.05, 0.1) is 24.8 Å². The van der Waals surface area contributed by atoms with E-state index in [1.54, 1.807) is 19.4 Å². The summed E-state index contributed by atoms with van der Waals surface area (Å²) in [6.07, 6.45) is 0. The van der Waals surface area contributed by atoms with Crippen LogP contribution in [-0.4, -0.2) is 31.3 Å². The first-order valence-corrected chi connectivity index (χ1v) is 12.1. The topological polar surface area (TPSA) is 60.5 Å². The fraction of sp³-hybridized carbons (Fsp3) is 0.214. The maximum atomic E-state index is 12.3. The van der Waals surface area contributed by atoms with E-state index in [1.807, 2.05) is 54.6 Å². The molecule has 0 saturated carbocycles. The largest absolute Gasteiger partial charge is 0.461 e. The van der Waals surface area contributed by atoms with Gasteiger partial charge < -0.3 is 9.47 Å². The van der Waals surface area contributed by atoms with Gasteiger partial charge in [-0.1, -0.05) is 91.0 Å². The number of esters is 1. The second-order valence-electron chi connectivity index (χ2n) is 7.79. The summed E-state index contributed by atoms with van der Waals surface area (Å²) in [6, 6.07) is 30.8. The maximum Gasteiger partial charge on any atom is 0.357 e. The zero-order valence-corrected chi connectivity index (χ0v) is 20.1. The molecule has 0 aliphatic carbocycles. The van der Waals surface area contributed by atoms with Crippen molar-refractivity contribution in [3.05, 3.63) is 124 Å². The summed E-state index contributed by atoms with van der Waals surface area (Å²) in [5.74, 6) is -0.415. The average Bonchev–Trinajstić information content (AvgIpc) is 3.39. The second-order valence-corrected chi connectivity index (χ2v) is 8.68. The Morgan fingerprint density at radius 3 is 1.85 bits per heavy atom. The first-order chi connectivity index (χ1) is 16.7. The summed E-state index contributed by atoms with van der Waals surface area (Å²) in [4.78, 5) is 16.9. The van der Waals surface area contributed by atoms with Gasteiger partial charge in [-0.25, -0.2) is 9.78 Å². The van der Waals surface area contributed by atoms with E-state index in [4.69, 9.17) is 9.47 Å². The van der Waals surface area contributed by atoms with Crippen molar-refractivity contribution in [1.29, 1.82) is 0 Å². The summed E-state index contributed by atoms with van der Waals surface area (Å²) in [7, 11) is 1.67. The molecule has 4 aromatic rings. The predicted octanol–water partition coefficient (Wildman–Crippen LogP) is 5.59. The van der Waals surface area contributed by atoms with Crippen molar-refractivity contribution in [3.63, 3.8) is 0 Å². The molecule has 0 aliphatic heterocycles. The summed E-state index contributed by atoms with van der Waals surface area (Å²) in [6.45, 7) is 2.48. The number of hydrogen-bond donors (Lipinski definition) is 1. The van der Waals surface area contributed by atoms with Crippen LogP contribution >= 0.6 is 11.3 Å². The Morgan fingerprint density at radius 1 is 0.912 bits per heavy atom. The molecule has 0 amide bonds. The molecular formula is C28H28N2O3S. The molecule has 0 unspecified atom stereocenters. The van der Waals surface area contributed by atoms with Gasteiger partial charge in [-0.15, -0.1) is 11.3 Å². The summed E-state index contributed by atoms with van der Waals surface area (Å²) >= 11 is 1.42. The highest BCUT2D eigenvalue weighted by Gasteiger charge is 2.39. The van der Waals surface area contributed by atoms with Crippen molar-refractivity contribution in [3.8, 4) is 0 Å². The number of aromatic nitrogens is 1. The Kier molecular flexibility index (Phi) is 7.85. The Labute approximate surface area is 204 Å². The molecule has 0 saturated heterocycles. The second kappa shape index (κ2) is 11.2. The number of methoxy groups -OCH3 is 1. The van der Waals surface area contributed by atoms with E-state index in [-0.39, 0.29) is 6.04 Å². The molecule has 0 aliphatic rings. The van der Waals surface area contributed by atoms with Crippen molar-refractivity contribution in [2.75, 3.05) is 20.3 Å². The number of nitrogens with zero attached hydrogens (tertiary/aromatic N) is 1. The van der Waals surface area contributed by atoms with E-state index >= 15 is 0 Å². The van der Waals surface area contributed by atoms with Gasteiger partial charge in [0.25, 0.3) is 0 Å². The summed E-state index contributed by atoms with van der Waals surface area (Å²) in [5.41, 5.74) is 2.92. The van der Waals surface area contributed by atoms with E-state index < -0.39 is 11.5 Å². The molecule has 6 heteroatoms. The maximum absolute atomic E-state index is 12.3. The number of thiazole rings is 1. The SMILES string of the molecule is CCOC(=O)c1csc([C@H](COC)NC(c2ccccc2)(c2ccccc2)c2ccccc2)n1. The number of benzene rings is 3. The van der Waals surface area contributed by atoms with Crippen LogP contribution < -0.4 is 5.32 Å². The molecule has 0 fully saturated rings. The molecule has 3 aromatic carbocycles. The number of rotatable bonds is 10. The number of carbonyl (C=O) groups excluding carboxylic acids is 1. The molecule has 4 rings (SSSR count). The van der Waals surface area contributed by atoms with Crippen LogP contribution in [0.1, 0.15) is 45.2 Å². The number of carbonyl (C=O) groups is 1. The fourth-order valence-corrected chi connectivity index (χ4v) is 4.99. The molecular weight excluding hydrogens is 444 g/mol. The Morgan fingerprint density at radius 2 is 1.41 bits per heavy atom. The normalized spacial score (nSPS) is 12.3. The minimum Gasteiger partial charge on any atom is -0.461 e. The number of nitrogens with one attached hydrogen (secondary N) is 1. The van der Waals surface area contributed by atoms with Crippen molar-refractivity contribution < 1.29 is 14.3 Å². The van der Waals surface area contributed by atoms with Gasteiger partial charge in [-0.05, 0) is 23.6 Å². The fourth-order valence-electron chi connectivity index (χ4n) is 4.16. The number of ether oxygens (including phenoxy) is 2. The highest BCUT2D eigenvalue weighted by molar-refractivity contribution is 7.09. The minimum absolute atomic E-state index is 0.279. The van der Waals surface area contributed by atoms with Crippen LogP contribution in [0.3, 0.4) is 0 Å².